The minimum absolute atomic E-state index is 0.00293. The highest BCUT2D eigenvalue weighted by Gasteiger charge is 2.28. The Morgan fingerprint density at radius 3 is 1.81 bits per heavy atom. The van der Waals surface area contributed by atoms with Gasteiger partial charge in [0.25, 0.3) is 5.69 Å². The number of ether oxygens (including phenoxy) is 3. The first-order valence-corrected chi connectivity index (χ1v) is 15.2. The number of hydrogen-bond acceptors (Lipinski definition) is 10. The van der Waals surface area contributed by atoms with E-state index in [1.165, 1.54) is 18.2 Å². The second-order valence-corrected chi connectivity index (χ2v) is 10.6. The Bertz CT molecular complexity index is 1710. The fourth-order valence-electron chi connectivity index (χ4n) is 4.81. The van der Waals surface area contributed by atoms with E-state index in [4.69, 9.17) is 19.9 Å². The number of nitro groups is 1. The van der Waals surface area contributed by atoms with Gasteiger partial charge in [0.05, 0.1) is 23.7 Å². The van der Waals surface area contributed by atoms with Crippen molar-refractivity contribution in [1.29, 1.82) is 0 Å². The van der Waals surface area contributed by atoms with Crippen LogP contribution in [-0.4, -0.2) is 41.6 Å². The van der Waals surface area contributed by atoms with Crippen LogP contribution in [0.25, 0.3) is 0 Å². The number of carbonyl (C=O) groups excluding carboxylic acids is 4. The molecule has 11 heteroatoms. The van der Waals surface area contributed by atoms with Crippen LogP contribution >= 0.6 is 0 Å². The van der Waals surface area contributed by atoms with E-state index in [9.17, 15) is 29.3 Å². The standard InChI is InChI=1S/C23H26N2O7.C14H8O2/c1-2-22(26)31-14-6-4-3-5-13-30-20-10-7-17(8-11-20)23(27)32-21-12-9-19(25(28)29)15-18(21)16-24;15-13-9-5-1-2-6-10(9)14(16)12-8-4-3-7-11(12)13/h2,7-12,15H,1,3-6,13-14,16,24H2;1-8H. The number of fused-ring (bicyclic) bond motifs is 2. The summed E-state index contributed by atoms with van der Waals surface area (Å²) in [6.45, 7) is 4.24. The summed E-state index contributed by atoms with van der Waals surface area (Å²) >= 11 is 0. The van der Waals surface area contributed by atoms with Gasteiger partial charge in [-0.2, -0.15) is 0 Å². The Balaban J connectivity index is 0.000000268. The third-order valence-corrected chi connectivity index (χ3v) is 7.32. The molecule has 0 unspecified atom stereocenters. The topological polar surface area (TPSA) is 165 Å². The minimum atomic E-state index is -0.600. The fourth-order valence-corrected chi connectivity index (χ4v) is 4.81. The maximum Gasteiger partial charge on any atom is 0.343 e. The molecule has 4 aromatic rings. The summed E-state index contributed by atoms with van der Waals surface area (Å²) < 4.78 is 15.9. The predicted octanol–water partition coefficient (Wildman–Crippen LogP) is 6.40. The van der Waals surface area contributed by atoms with Gasteiger partial charge in [-0.15, -0.1) is 0 Å². The molecule has 0 bridgehead atoms. The molecule has 246 valence electrons. The zero-order chi connectivity index (χ0) is 34.5. The largest absolute Gasteiger partial charge is 0.494 e. The van der Waals surface area contributed by atoms with E-state index in [0.717, 1.165) is 31.8 Å². The van der Waals surface area contributed by atoms with Crippen LogP contribution in [0.3, 0.4) is 0 Å². The Morgan fingerprint density at radius 2 is 1.31 bits per heavy atom. The van der Waals surface area contributed by atoms with Crippen molar-refractivity contribution in [1.82, 2.24) is 0 Å². The molecule has 5 rings (SSSR count). The van der Waals surface area contributed by atoms with Crippen LogP contribution in [0, 0.1) is 10.1 Å². The zero-order valence-electron chi connectivity index (χ0n) is 26.1. The van der Waals surface area contributed by atoms with E-state index in [-0.39, 0.29) is 29.5 Å². The Morgan fingerprint density at radius 1 is 0.771 bits per heavy atom. The van der Waals surface area contributed by atoms with Gasteiger partial charge in [0.2, 0.25) is 0 Å². The number of carbonyl (C=O) groups is 4. The number of benzene rings is 4. The first-order valence-electron chi connectivity index (χ1n) is 15.2. The molecule has 0 saturated heterocycles. The molecule has 0 spiro atoms. The summed E-state index contributed by atoms with van der Waals surface area (Å²) in [6.07, 6.45) is 4.64. The quantitative estimate of drug-likeness (QED) is 0.0376. The van der Waals surface area contributed by atoms with Crippen molar-refractivity contribution >= 4 is 29.2 Å². The highest BCUT2D eigenvalue weighted by molar-refractivity contribution is 6.28. The van der Waals surface area contributed by atoms with Crippen LogP contribution in [-0.2, 0) is 16.1 Å². The van der Waals surface area contributed by atoms with Crippen molar-refractivity contribution < 1.29 is 38.3 Å². The second-order valence-electron chi connectivity index (χ2n) is 10.6. The molecule has 0 amide bonds. The van der Waals surface area contributed by atoms with Gasteiger partial charge in [0, 0.05) is 52.6 Å². The summed E-state index contributed by atoms with van der Waals surface area (Å²) in [4.78, 5) is 57.8. The van der Waals surface area contributed by atoms with E-state index < -0.39 is 16.9 Å². The van der Waals surface area contributed by atoms with E-state index in [1.807, 2.05) is 0 Å². The fraction of sp³-hybridized carbons (Fsp3) is 0.189. The molecule has 48 heavy (non-hydrogen) atoms. The predicted molar refractivity (Wildman–Crippen MR) is 177 cm³/mol. The monoisotopic (exact) mass is 650 g/mol. The molecule has 0 fully saturated rings. The van der Waals surface area contributed by atoms with Gasteiger partial charge in [0.1, 0.15) is 11.5 Å². The smallest absolute Gasteiger partial charge is 0.343 e. The highest BCUT2D eigenvalue weighted by Crippen LogP contribution is 2.27. The maximum absolute atomic E-state index is 12.4. The summed E-state index contributed by atoms with van der Waals surface area (Å²) in [6, 6.07) is 24.3. The molecule has 4 aromatic carbocycles. The lowest BCUT2D eigenvalue weighted by Crippen LogP contribution is -2.20. The lowest BCUT2D eigenvalue weighted by atomic mass is 9.84. The van der Waals surface area contributed by atoms with Crippen LogP contribution in [0.15, 0.2) is 104 Å². The van der Waals surface area contributed by atoms with Gasteiger partial charge in [-0.05, 0) is 56.0 Å². The number of non-ortho nitro benzene ring substituents is 1. The average molecular weight is 651 g/mol. The molecule has 0 atom stereocenters. The summed E-state index contributed by atoms with van der Waals surface area (Å²) in [5.74, 6) is -0.329. The molecule has 1 aliphatic rings. The third-order valence-electron chi connectivity index (χ3n) is 7.32. The van der Waals surface area contributed by atoms with Gasteiger partial charge in [-0.25, -0.2) is 9.59 Å². The molecule has 2 N–H and O–H groups in total. The van der Waals surface area contributed by atoms with Crippen molar-refractivity contribution in [3.63, 3.8) is 0 Å². The van der Waals surface area contributed by atoms with Crippen LogP contribution < -0.4 is 15.2 Å². The molecule has 11 nitrogen and oxygen atoms in total. The Labute approximate surface area is 277 Å². The van der Waals surface area contributed by atoms with Crippen LogP contribution in [0.2, 0.25) is 0 Å². The number of ketones is 2. The van der Waals surface area contributed by atoms with Gasteiger partial charge in [0.15, 0.2) is 11.6 Å². The van der Waals surface area contributed by atoms with Gasteiger partial charge >= 0.3 is 11.9 Å². The van der Waals surface area contributed by atoms with Gasteiger partial charge in [-0.3, -0.25) is 19.7 Å². The Hall–Kier alpha value is -5.94. The van der Waals surface area contributed by atoms with E-state index in [1.54, 1.807) is 72.8 Å². The van der Waals surface area contributed by atoms with Gasteiger partial charge < -0.3 is 19.9 Å². The lowest BCUT2D eigenvalue weighted by Gasteiger charge is -2.16. The minimum Gasteiger partial charge on any atom is -0.494 e. The van der Waals surface area contributed by atoms with Crippen molar-refractivity contribution in [3.8, 4) is 11.5 Å². The molecule has 0 aliphatic heterocycles. The van der Waals surface area contributed by atoms with Crippen LogP contribution in [0.4, 0.5) is 5.69 Å². The van der Waals surface area contributed by atoms with E-state index in [2.05, 4.69) is 6.58 Å². The number of nitro benzene ring substituents is 1. The third kappa shape index (κ3) is 9.08. The molecule has 0 radical (unpaired) electrons. The molecular formula is C37H34N2O9. The average Bonchev–Trinajstić information content (AvgIpc) is 3.12. The number of hydrogen-bond donors (Lipinski definition) is 1. The van der Waals surface area contributed by atoms with E-state index >= 15 is 0 Å². The van der Waals surface area contributed by atoms with Crippen molar-refractivity contribution in [2.45, 2.75) is 32.2 Å². The van der Waals surface area contributed by atoms with E-state index in [0.29, 0.717) is 52.3 Å². The van der Waals surface area contributed by atoms with Crippen LogP contribution in [0.1, 0.15) is 73.4 Å². The van der Waals surface area contributed by atoms with Gasteiger partial charge in [-0.1, -0.05) is 55.1 Å². The van der Waals surface area contributed by atoms with Crippen molar-refractivity contribution in [2.24, 2.45) is 5.73 Å². The lowest BCUT2D eigenvalue weighted by molar-refractivity contribution is -0.384. The number of rotatable bonds is 13. The molecule has 0 heterocycles. The van der Waals surface area contributed by atoms with Crippen molar-refractivity contribution in [2.75, 3.05) is 13.2 Å². The number of unbranched alkanes of at least 4 members (excludes halogenated alkanes) is 3. The highest BCUT2D eigenvalue weighted by atomic mass is 16.6. The zero-order valence-corrected chi connectivity index (χ0v) is 26.1. The second kappa shape index (κ2) is 17.1. The number of esters is 2. The maximum atomic E-state index is 12.4. The molecule has 0 saturated carbocycles. The molecule has 1 aliphatic carbocycles. The SMILES string of the molecule is C=CC(=O)OCCCCCCOc1ccc(C(=O)Oc2ccc([N+](=O)[O-])cc2CN)cc1.O=C1c2ccccc2C(=O)c2ccccc21. The molecule has 0 aromatic heterocycles. The first kappa shape index (κ1) is 34.9. The normalized spacial score (nSPS) is 11.3. The molecular weight excluding hydrogens is 616 g/mol. The Kier molecular flexibility index (Phi) is 12.4. The number of nitrogens with two attached hydrogens (primary N) is 1. The number of nitrogens with zero attached hydrogens (tertiary/aromatic N) is 1. The summed E-state index contributed by atoms with van der Waals surface area (Å²) in [5, 5.41) is 10.9. The first-order chi connectivity index (χ1) is 23.2. The summed E-state index contributed by atoms with van der Waals surface area (Å²) in [5.41, 5.74) is 8.19. The summed E-state index contributed by atoms with van der Waals surface area (Å²) in [7, 11) is 0. The van der Waals surface area contributed by atoms with Crippen molar-refractivity contribution in [3.05, 3.63) is 147 Å². The van der Waals surface area contributed by atoms with Crippen LogP contribution in [0.5, 0.6) is 11.5 Å².